The highest BCUT2D eigenvalue weighted by molar-refractivity contribution is 7.99. The molecule has 0 aromatic carbocycles. The van der Waals surface area contributed by atoms with Crippen molar-refractivity contribution in [2.24, 2.45) is 5.41 Å². The highest BCUT2D eigenvalue weighted by Gasteiger charge is 2.46. The first-order valence-corrected chi connectivity index (χ1v) is 8.06. The number of carbonyl (C=O) groups excluding carboxylic acids is 1. The highest BCUT2D eigenvalue weighted by Crippen LogP contribution is 2.38. The molecule has 108 valence electrons. The van der Waals surface area contributed by atoms with Crippen LogP contribution in [0.1, 0.15) is 39.0 Å². The SMILES string of the molecule is CC1(C(=O)O)CCCC1NC(=O)NC1CCCSC1. The topological polar surface area (TPSA) is 78.4 Å². The zero-order valence-electron chi connectivity index (χ0n) is 11.3. The summed E-state index contributed by atoms with van der Waals surface area (Å²) >= 11 is 1.86. The lowest BCUT2D eigenvalue weighted by Gasteiger charge is -2.29. The standard InChI is InChI=1S/C13H22N2O3S/c1-13(11(16)17)6-2-5-10(13)15-12(18)14-9-4-3-7-19-8-9/h9-10H,2-8H2,1H3,(H,16,17)(H2,14,15,18). The van der Waals surface area contributed by atoms with Crippen LogP contribution in [0.15, 0.2) is 0 Å². The lowest BCUT2D eigenvalue weighted by Crippen LogP contribution is -2.52. The molecule has 0 aromatic rings. The zero-order chi connectivity index (χ0) is 13.9. The molecule has 0 bridgehead atoms. The summed E-state index contributed by atoms with van der Waals surface area (Å²) in [4.78, 5) is 23.3. The molecule has 1 saturated heterocycles. The van der Waals surface area contributed by atoms with Crippen LogP contribution in [0.25, 0.3) is 0 Å². The number of nitrogens with one attached hydrogen (secondary N) is 2. The molecule has 5 nitrogen and oxygen atoms in total. The third-order valence-corrected chi connectivity index (χ3v) is 5.46. The van der Waals surface area contributed by atoms with Crippen LogP contribution in [0.4, 0.5) is 4.79 Å². The van der Waals surface area contributed by atoms with Crippen molar-refractivity contribution in [2.45, 2.75) is 51.1 Å². The maximum atomic E-state index is 12.0. The number of hydrogen-bond donors (Lipinski definition) is 3. The zero-order valence-corrected chi connectivity index (χ0v) is 12.1. The number of rotatable bonds is 3. The summed E-state index contributed by atoms with van der Waals surface area (Å²) < 4.78 is 0. The van der Waals surface area contributed by atoms with Crippen molar-refractivity contribution in [3.8, 4) is 0 Å². The number of carboxylic acids is 1. The largest absolute Gasteiger partial charge is 0.481 e. The summed E-state index contributed by atoms with van der Waals surface area (Å²) in [6, 6.07) is -0.260. The fourth-order valence-electron chi connectivity index (χ4n) is 2.89. The molecular weight excluding hydrogens is 264 g/mol. The minimum atomic E-state index is -0.821. The van der Waals surface area contributed by atoms with Gasteiger partial charge in [-0.3, -0.25) is 4.79 Å². The van der Waals surface area contributed by atoms with Gasteiger partial charge in [0.2, 0.25) is 0 Å². The van der Waals surface area contributed by atoms with Crippen LogP contribution in [-0.2, 0) is 4.79 Å². The molecule has 0 spiro atoms. The smallest absolute Gasteiger partial charge is 0.315 e. The van der Waals surface area contributed by atoms with Gasteiger partial charge in [0.25, 0.3) is 0 Å². The van der Waals surface area contributed by atoms with E-state index in [0.29, 0.717) is 6.42 Å². The van der Waals surface area contributed by atoms with Gasteiger partial charge in [-0.05, 0) is 38.4 Å². The van der Waals surface area contributed by atoms with Gasteiger partial charge >= 0.3 is 12.0 Å². The fraction of sp³-hybridized carbons (Fsp3) is 0.846. The van der Waals surface area contributed by atoms with Gasteiger partial charge in [0.1, 0.15) is 0 Å². The molecule has 2 fully saturated rings. The van der Waals surface area contributed by atoms with E-state index in [0.717, 1.165) is 31.4 Å². The summed E-state index contributed by atoms with van der Waals surface area (Å²) in [6.07, 6.45) is 4.38. The Balaban J connectivity index is 1.86. The third kappa shape index (κ3) is 3.35. The number of urea groups is 1. The monoisotopic (exact) mass is 286 g/mol. The lowest BCUT2D eigenvalue weighted by atomic mass is 9.85. The van der Waals surface area contributed by atoms with Crippen molar-refractivity contribution in [1.82, 2.24) is 10.6 Å². The second-order valence-corrected chi connectivity index (χ2v) is 6.85. The average molecular weight is 286 g/mol. The number of hydrogen-bond acceptors (Lipinski definition) is 3. The molecule has 3 unspecified atom stereocenters. The van der Waals surface area contributed by atoms with Crippen molar-refractivity contribution >= 4 is 23.8 Å². The second-order valence-electron chi connectivity index (χ2n) is 5.70. The molecule has 6 heteroatoms. The summed E-state index contributed by atoms with van der Waals surface area (Å²) in [5, 5.41) is 15.1. The second kappa shape index (κ2) is 6.03. The number of carbonyl (C=O) groups is 2. The molecule has 2 amide bonds. The van der Waals surface area contributed by atoms with Crippen LogP contribution in [0.2, 0.25) is 0 Å². The molecule has 0 radical (unpaired) electrons. The molecule has 3 N–H and O–H groups in total. The first-order chi connectivity index (χ1) is 9.02. The van der Waals surface area contributed by atoms with E-state index in [9.17, 15) is 14.7 Å². The van der Waals surface area contributed by atoms with Crippen LogP contribution in [-0.4, -0.2) is 40.7 Å². The Labute approximate surface area is 117 Å². The highest BCUT2D eigenvalue weighted by atomic mass is 32.2. The molecule has 19 heavy (non-hydrogen) atoms. The molecule has 1 saturated carbocycles. The van der Waals surface area contributed by atoms with Gasteiger partial charge in [0.15, 0.2) is 0 Å². The Morgan fingerprint density at radius 3 is 2.68 bits per heavy atom. The Morgan fingerprint density at radius 1 is 1.26 bits per heavy atom. The molecule has 3 atom stereocenters. The lowest BCUT2D eigenvalue weighted by molar-refractivity contribution is -0.148. The third-order valence-electron chi connectivity index (χ3n) is 4.25. The molecule has 0 aromatic heterocycles. The van der Waals surface area contributed by atoms with E-state index in [1.54, 1.807) is 6.92 Å². The van der Waals surface area contributed by atoms with E-state index >= 15 is 0 Å². The quantitative estimate of drug-likeness (QED) is 0.739. The Hall–Kier alpha value is -0.910. The number of carboxylic acid groups (broad SMARTS) is 1. The van der Waals surface area contributed by atoms with Crippen molar-refractivity contribution in [3.05, 3.63) is 0 Å². The summed E-state index contributed by atoms with van der Waals surface area (Å²) in [5.41, 5.74) is -0.821. The van der Waals surface area contributed by atoms with Crippen molar-refractivity contribution < 1.29 is 14.7 Å². The van der Waals surface area contributed by atoms with Gasteiger partial charge in [-0.15, -0.1) is 0 Å². The fourth-order valence-corrected chi connectivity index (χ4v) is 3.97. The average Bonchev–Trinajstić information content (AvgIpc) is 2.73. The molecular formula is C13H22N2O3S. The van der Waals surface area contributed by atoms with Crippen molar-refractivity contribution in [1.29, 1.82) is 0 Å². The van der Waals surface area contributed by atoms with E-state index in [1.165, 1.54) is 5.75 Å². The Bertz CT molecular complexity index is 358. The van der Waals surface area contributed by atoms with Gasteiger partial charge in [-0.2, -0.15) is 11.8 Å². The van der Waals surface area contributed by atoms with Crippen LogP contribution >= 0.6 is 11.8 Å². The summed E-state index contributed by atoms with van der Waals surface area (Å²) in [5.74, 6) is 1.30. The summed E-state index contributed by atoms with van der Waals surface area (Å²) in [6.45, 7) is 1.73. The van der Waals surface area contributed by atoms with E-state index < -0.39 is 11.4 Å². The number of aliphatic carboxylic acids is 1. The number of amides is 2. The van der Waals surface area contributed by atoms with Crippen LogP contribution < -0.4 is 10.6 Å². The predicted molar refractivity (Wildman–Crippen MR) is 75.4 cm³/mol. The van der Waals surface area contributed by atoms with Gasteiger partial charge < -0.3 is 15.7 Å². The maximum absolute atomic E-state index is 12.0. The van der Waals surface area contributed by atoms with Crippen LogP contribution in [0.5, 0.6) is 0 Å². The van der Waals surface area contributed by atoms with Gasteiger partial charge in [0.05, 0.1) is 5.41 Å². The first-order valence-electron chi connectivity index (χ1n) is 6.90. The van der Waals surface area contributed by atoms with E-state index in [-0.39, 0.29) is 18.1 Å². The Morgan fingerprint density at radius 2 is 2.05 bits per heavy atom. The molecule has 1 aliphatic carbocycles. The van der Waals surface area contributed by atoms with E-state index in [4.69, 9.17) is 0 Å². The normalized spacial score (nSPS) is 34.8. The van der Waals surface area contributed by atoms with Gasteiger partial charge in [-0.25, -0.2) is 4.79 Å². The minimum Gasteiger partial charge on any atom is -0.481 e. The van der Waals surface area contributed by atoms with Gasteiger partial charge in [-0.1, -0.05) is 6.42 Å². The molecule has 2 aliphatic rings. The molecule has 2 rings (SSSR count). The summed E-state index contributed by atoms with van der Waals surface area (Å²) in [7, 11) is 0. The van der Waals surface area contributed by atoms with E-state index in [1.807, 2.05) is 11.8 Å². The molecule has 1 aliphatic heterocycles. The minimum absolute atomic E-state index is 0.216. The molecule has 1 heterocycles. The maximum Gasteiger partial charge on any atom is 0.315 e. The Kier molecular flexibility index (Phi) is 4.60. The van der Waals surface area contributed by atoms with Crippen molar-refractivity contribution in [2.75, 3.05) is 11.5 Å². The van der Waals surface area contributed by atoms with Crippen molar-refractivity contribution in [3.63, 3.8) is 0 Å². The number of thioether (sulfide) groups is 1. The predicted octanol–water partition coefficient (Wildman–Crippen LogP) is 1.82. The van der Waals surface area contributed by atoms with Gasteiger partial charge in [0, 0.05) is 17.8 Å². The van der Waals surface area contributed by atoms with E-state index in [2.05, 4.69) is 10.6 Å². The first kappa shape index (κ1) is 14.5. The van der Waals surface area contributed by atoms with Crippen LogP contribution in [0, 0.1) is 5.41 Å². The van der Waals surface area contributed by atoms with Crippen LogP contribution in [0.3, 0.4) is 0 Å².